The summed E-state index contributed by atoms with van der Waals surface area (Å²) in [6.45, 7) is 2.46. The molecule has 0 amide bonds. The smallest absolute Gasteiger partial charge is 0.267 e. The molecule has 0 fully saturated rings. The minimum atomic E-state index is -0.167. The number of hydrogen-bond donors (Lipinski definition) is 1. The molecule has 3 aromatic rings. The third-order valence-corrected chi connectivity index (χ3v) is 4.82. The van der Waals surface area contributed by atoms with Gasteiger partial charge in [-0.1, -0.05) is 31.2 Å². The van der Waals surface area contributed by atoms with Gasteiger partial charge in [-0.3, -0.25) is 9.79 Å². The number of aromatic hydroxyl groups is 1. The summed E-state index contributed by atoms with van der Waals surface area (Å²) in [6.07, 6.45) is 8.57. The SMILES string of the molecule is CCC1CC=C(c2ccc(=O)n(Cc3cccc(-c4ncc(O)cn4)c3)n2)C=N1. The number of benzene rings is 1. The second-order valence-electron chi connectivity index (χ2n) is 6.92. The molecule has 1 N–H and O–H groups in total. The van der Waals surface area contributed by atoms with Crippen LogP contribution in [0.3, 0.4) is 0 Å². The molecule has 4 rings (SSSR count). The van der Waals surface area contributed by atoms with Gasteiger partial charge in [0.2, 0.25) is 0 Å². The van der Waals surface area contributed by atoms with Crippen molar-refractivity contribution in [2.75, 3.05) is 0 Å². The highest BCUT2D eigenvalue weighted by Gasteiger charge is 2.12. The van der Waals surface area contributed by atoms with Crippen molar-refractivity contribution < 1.29 is 5.11 Å². The van der Waals surface area contributed by atoms with Crippen molar-refractivity contribution >= 4 is 11.8 Å². The summed E-state index contributed by atoms with van der Waals surface area (Å²) in [4.78, 5) is 25.2. The maximum atomic E-state index is 12.3. The Morgan fingerprint density at radius 1 is 1.17 bits per heavy atom. The average Bonchev–Trinajstić information content (AvgIpc) is 2.76. The van der Waals surface area contributed by atoms with Crippen molar-refractivity contribution in [1.29, 1.82) is 0 Å². The first-order chi connectivity index (χ1) is 14.1. The summed E-state index contributed by atoms with van der Waals surface area (Å²) in [5, 5.41) is 13.9. The topological polar surface area (TPSA) is 93.3 Å². The predicted molar refractivity (Wildman–Crippen MR) is 112 cm³/mol. The van der Waals surface area contributed by atoms with Crippen LogP contribution in [0.2, 0.25) is 0 Å². The first-order valence-electron chi connectivity index (χ1n) is 9.54. The van der Waals surface area contributed by atoms with E-state index < -0.39 is 0 Å². The zero-order chi connectivity index (χ0) is 20.2. The lowest BCUT2D eigenvalue weighted by atomic mass is 10.0. The molecule has 1 aliphatic rings. The number of dihydropyridines is 1. The molecule has 1 atom stereocenters. The maximum absolute atomic E-state index is 12.3. The Labute approximate surface area is 168 Å². The minimum Gasteiger partial charge on any atom is -0.505 e. The van der Waals surface area contributed by atoms with Crippen LogP contribution in [0, 0.1) is 0 Å². The lowest BCUT2D eigenvalue weighted by Crippen LogP contribution is -2.24. The van der Waals surface area contributed by atoms with Crippen molar-refractivity contribution in [3.63, 3.8) is 0 Å². The van der Waals surface area contributed by atoms with E-state index in [9.17, 15) is 9.90 Å². The lowest BCUT2D eigenvalue weighted by Gasteiger charge is -2.14. The van der Waals surface area contributed by atoms with E-state index >= 15 is 0 Å². The molecule has 0 bridgehead atoms. The summed E-state index contributed by atoms with van der Waals surface area (Å²) in [6, 6.07) is 11.2. The number of aliphatic imine (C=N–C) groups is 1. The van der Waals surface area contributed by atoms with Gasteiger partial charge < -0.3 is 5.11 Å². The summed E-state index contributed by atoms with van der Waals surface area (Å²) in [7, 11) is 0. The summed E-state index contributed by atoms with van der Waals surface area (Å²) in [5.74, 6) is 0.524. The molecule has 7 heteroatoms. The third-order valence-electron chi connectivity index (χ3n) is 4.82. The number of allylic oxidation sites excluding steroid dienone is 1. The monoisotopic (exact) mass is 387 g/mol. The number of aromatic nitrogens is 4. The van der Waals surface area contributed by atoms with Gasteiger partial charge in [0.05, 0.1) is 30.7 Å². The van der Waals surface area contributed by atoms with Gasteiger partial charge in [0.1, 0.15) is 0 Å². The fourth-order valence-corrected chi connectivity index (χ4v) is 3.17. The Hall–Kier alpha value is -3.61. The zero-order valence-electron chi connectivity index (χ0n) is 16.1. The number of nitrogens with zero attached hydrogens (tertiary/aromatic N) is 5. The Balaban J connectivity index is 1.59. The highest BCUT2D eigenvalue weighted by Crippen LogP contribution is 2.19. The van der Waals surface area contributed by atoms with Gasteiger partial charge in [0, 0.05) is 23.4 Å². The standard InChI is InChI=1S/C22H21N5O2/c1-2-18-7-6-17(11-23-18)20-8-9-21(29)27(26-20)14-15-4-3-5-16(10-15)22-24-12-19(28)13-25-22/h3-6,8-13,18,28H,2,7,14H2,1H3. The van der Waals surface area contributed by atoms with E-state index in [1.807, 2.05) is 30.5 Å². The highest BCUT2D eigenvalue weighted by atomic mass is 16.3. The van der Waals surface area contributed by atoms with Crippen molar-refractivity contribution in [2.24, 2.45) is 4.99 Å². The Morgan fingerprint density at radius 3 is 2.72 bits per heavy atom. The van der Waals surface area contributed by atoms with Crippen LogP contribution in [0.5, 0.6) is 5.75 Å². The Kier molecular flexibility index (Phi) is 5.29. The largest absolute Gasteiger partial charge is 0.505 e. The summed E-state index contributed by atoms with van der Waals surface area (Å²) < 4.78 is 1.45. The normalized spacial score (nSPS) is 15.9. The second kappa shape index (κ2) is 8.18. The number of hydrogen-bond acceptors (Lipinski definition) is 6. The van der Waals surface area contributed by atoms with Gasteiger partial charge in [0.25, 0.3) is 5.56 Å². The molecule has 0 spiro atoms. The Bertz CT molecular complexity index is 1130. The zero-order valence-corrected chi connectivity index (χ0v) is 16.1. The quantitative estimate of drug-likeness (QED) is 0.726. The van der Waals surface area contributed by atoms with Crippen LogP contribution in [-0.2, 0) is 6.54 Å². The van der Waals surface area contributed by atoms with Crippen molar-refractivity contribution in [1.82, 2.24) is 19.7 Å². The first-order valence-corrected chi connectivity index (χ1v) is 9.54. The van der Waals surface area contributed by atoms with Gasteiger partial charge in [-0.25, -0.2) is 14.6 Å². The van der Waals surface area contributed by atoms with Crippen molar-refractivity contribution in [2.45, 2.75) is 32.4 Å². The molecule has 0 saturated heterocycles. The van der Waals surface area contributed by atoms with Gasteiger partial charge in [-0.05, 0) is 30.5 Å². The average molecular weight is 387 g/mol. The molecule has 1 aromatic carbocycles. The maximum Gasteiger partial charge on any atom is 0.267 e. The second-order valence-corrected chi connectivity index (χ2v) is 6.92. The van der Waals surface area contributed by atoms with Crippen LogP contribution in [0.4, 0.5) is 0 Å². The minimum absolute atomic E-state index is 0.0169. The predicted octanol–water partition coefficient (Wildman–Crippen LogP) is 3.09. The van der Waals surface area contributed by atoms with Crippen LogP contribution in [-0.4, -0.2) is 37.1 Å². The molecule has 29 heavy (non-hydrogen) atoms. The van der Waals surface area contributed by atoms with Gasteiger partial charge >= 0.3 is 0 Å². The molecule has 3 heterocycles. The molecule has 0 aliphatic carbocycles. The van der Waals surface area contributed by atoms with Gasteiger partial charge in [-0.2, -0.15) is 5.10 Å². The van der Waals surface area contributed by atoms with E-state index in [1.54, 1.807) is 6.07 Å². The van der Waals surface area contributed by atoms with Crippen molar-refractivity contribution in [3.8, 4) is 17.1 Å². The summed E-state index contributed by atoms with van der Waals surface area (Å²) >= 11 is 0. The molecule has 0 saturated carbocycles. The molecule has 146 valence electrons. The van der Waals surface area contributed by atoms with E-state index in [0.717, 1.165) is 35.2 Å². The highest BCUT2D eigenvalue weighted by molar-refractivity contribution is 6.09. The molecule has 1 aliphatic heterocycles. The number of rotatable bonds is 5. The van der Waals surface area contributed by atoms with Crippen LogP contribution in [0.1, 0.15) is 31.0 Å². The van der Waals surface area contributed by atoms with E-state index in [-0.39, 0.29) is 11.3 Å². The van der Waals surface area contributed by atoms with Crippen molar-refractivity contribution in [3.05, 3.63) is 76.5 Å². The van der Waals surface area contributed by atoms with Crippen LogP contribution >= 0.6 is 0 Å². The van der Waals surface area contributed by atoms with Crippen LogP contribution in [0.25, 0.3) is 17.0 Å². The van der Waals surface area contributed by atoms with Gasteiger partial charge in [-0.15, -0.1) is 0 Å². The summed E-state index contributed by atoms with van der Waals surface area (Å²) in [5.41, 5.74) is 3.22. The van der Waals surface area contributed by atoms with E-state index in [2.05, 4.69) is 33.1 Å². The lowest BCUT2D eigenvalue weighted by molar-refractivity contribution is 0.470. The Morgan fingerprint density at radius 2 is 2.00 bits per heavy atom. The molecule has 1 unspecified atom stereocenters. The van der Waals surface area contributed by atoms with Crippen LogP contribution in [0.15, 0.2) is 64.7 Å². The van der Waals surface area contributed by atoms with E-state index in [0.29, 0.717) is 18.4 Å². The molecular formula is C22H21N5O2. The fraction of sp³-hybridized carbons (Fsp3) is 0.227. The van der Waals surface area contributed by atoms with E-state index in [1.165, 1.54) is 23.1 Å². The molecular weight excluding hydrogens is 366 g/mol. The van der Waals surface area contributed by atoms with E-state index in [4.69, 9.17) is 0 Å². The van der Waals surface area contributed by atoms with Crippen LogP contribution < -0.4 is 5.56 Å². The molecule has 2 aromatic heterocycles. The third kappa shape index (κ3) is 4.29. The molecule has 0 radical (unpaired) electrons. The first kappa shape index (κ1) is 18.7. The van der Waals surface area contributed by atoms with Gasteiger partial charge in [0.15, 0.2) is 11.6 Å². The fourth-order valence-electron chi connectivity index (χ4n) is 3.17. The molecule has 7 nitrogen and oxygen atoms in total.